The fourth-order valence-corrected chi connectivity index (χ4v) is 3.28. The predicted molar refractivity (Wildman–Crippen MR) is 96.7 cm³/mol. The molecule has 130 valence electrons. The molecule has 2 aromatic carbocycles. The SMILES string of the molecule is CN(Cc1ccc(C(=O)O)cc1)C1CCCN(c2ccccc2)C1=O. The van der Waals surface area contributed by atoms with Gasteiger partial charge in [0, 0.05) is 18.8 Å². The number of carboxylic acids is 1. The monoisotopic (exact) mass is 338 g/mol. The van der Waals surface area contributed by atoms with Gasteiger partial charge < -0.3 is 10.0 Å². The third-order valence-electron chi connectivity index (χ3n) is 4.64. The molecule has 1 saturated heterocycles. The summed E-state index contributed by atoms with van der Waals surface area (Å²) in [6.07, 6.45) is 1.81. The van der Waals surface area contributed by atoms with Crippen LogP contribution in [0.25, 0.3) is 0 Å². The van der Waals surface area contributed by atoms with Gasteiger partial charge in [0.25, 0.3) is 0 Å². The molecule has 1 fully saturated rings. The summed E-state index contributed by atoms with van der Waals surface area (Å²) in [5.74, 6) is -0.803. The molecule has 5 nitrogen and oxygen atoms in total. The minimum Gasteiger partial charge on any atom is -0.478 e. The van der Waals surface area contributed by atoms with E-state index in [1.54, 1.807) is 12.1 Å². The van der Waals surface area contributed by atoms with Crippen LogP contribution in [0.4, 0.5) is 5.69 Å². The summed E-state index contributed by atoms with van der Waals surface area (Å²) in [6.45, 7) is 1.36. The topological polar surface area (TPSA) is 60.9 Å². The third kappa shape index (κ3) is 3.88. The summed E-state index contributed by atoms with van der Waals surface area (Å²) in [4.78, 5) is 27.8. The molecule has 1 atom stereocenters. The largest absolute Gasteiger partial charge is 0.478 e. The summed E-state index contributed by atoms with van der Waals surface area (Å²) in [5.41, 5.74) is 2.21. The minimum absolute atomic E-state index is 0.127. The van der Waals surface area contributed by atoms with E-state index in [9.17, 15) is 9.59 Å². The van der Waals surface area contributed by atoms with Crippen LogP contribution in [0.5, 0.6) is 0 Å². The Kier molecular flexibility index (Phi) is 5.14. The standard InChI is InChI=1S/C20H22N2O3/c1-21(14-15-9-11-16(12-10-15)20(24)25)18-8-5-13-22(19(18)23)17-6-3-2-4-7-17/h2-4,6-7,9-12,18H,5,8,13-14H2,1H3,(H,24,25). The second-order valence-corrected chi connectivity index (χ2v) is 6.40. The summed E-state index contributed by atoms with van der Waals surface area (Å²) in [7, 11) is 1.95. The van der Waals surface area contributed by atoms with E-state index in [-0.39, 0.29) is 17.5 Å². The van der Waals surface area contributed by atoms with E-state index in [0.717, 1.165) is 30.6 Å². The minimum atomic E-state index is -0.930. The quantitative estimate of drug-likeness (QED) is 0.910. The van der Waals surface area contributed by atoms with Crippen LogP contribution in [0.1, 0.15) is 28.8 Å². The van der Waals surface area contributed by atoms with Crippen LogP contribution in [0, 0.1) is 0 Å². The van der Waals surface area contributed by atoms with Gasteiger partial charge in [0.05, 0.1) is 11.6 Å². The van der Waals surface area contributed by atoms with Crippen molar-refractivity contribution in [3.63, 3.8) is 0 Å². The number of rotatable bonds is 5. The van der Waals surface area contributed by atoms with Crippen LogP contribution in [-0.4, -0.2) is 41.5 Å². The average Bonchev–Trinajstić information content (AvgIpc) is 2.63. The van der Waals surface area contributed by atoms with Crippen molar-refractivity contribution < 1.29 is 14.7 Å². The highest BCUT2D eigenvalue weighted by molar-refractivity contribution is 5.97. The molecule has 0 aromatic heterocycles. The van der Waals surface area contributed by atoms with Gasteiger partial charge in [-0.2, -0.15) is 0 Å². The number of piperidine rings is 1. The Morgan fingerprint density at radius 3 is 2.48 bits per heavy atom. The number of nitrogens with zero attached hydrogens (tertiary/aromatic N) is 2. The molecular weight excluding hydrogens is 316 g/mol. The van der Waals surface area contributed by atoms with Crippen LogP contribution in [0.2, 0.25) is 0 Å². The molecule has 0 bridgehead atoms. The van der Waals surface area contributed by atoms with E-state index in [4.69, 9.17) is 5.11 Å². The second kappa shape index (κ2) is 7.49. The number of benzene rings is 2. The van der Waals surface area contributed by atoms with Gasteiger partial charge in [-0.1, -0.05) is 30.3 Å². The van der Waals surface area contributed by atoms with Crippen LogP contribution in [0.3, 0.4) is 0 Å². The van der Waals surface area contributed by atoms with Crippen LogP contribution >= 0.6 is 0 Å². The molecule has 1 aliphatic heterocycles. The molecule has 1 heterocycles. The van der Waals surface area contributed by atoms with Crippen LogP contribution < -0.4 is 4.90 Å². The number of para-hydroxylation sites is 1. The lowest BCUT2D eigenvalue weighted by Gasteiger charge is -2.37. The summed E-state index contributed by atoms with van der Waals surface area (Å²) < 4.78 is 0. The van der Waals surface area contributed by atoms with E-state index in [0.29, 0.717) is 6.54 Å². The maximum atomic E-state index is 12.9. The number of carboxylic acid groups (broad SMARTS) is 1. The maximum Gasteiger partial charge on any atom is 0.335 e. The van der Waals surface area contributed by atoms with Gasteiger partial charge in [-0.05, 0) is 49.7 Å². The number of carbonyl (C=O) groups is 2. The van der Waals surface area contributed by atoms with Gasteiger partial charge in [-0.15, -0.1) is 0 Å². The van der Waals surface area contributed by atoms with Gasteiger partial charge in [-0.3, -0.25) is 9.69 Å². The first-order chi connectivity index (χ1) is 12.1. The number of aromatic carboxylic acids is 1. The summed E-state index contributed by atoms with van der Waals surface area (Å²) >= 11 is 0. The first-order valence-corrected chi connectivity index (χ1v) is 8.45. The molecule has 1 amide bonds. The van der Waals surface area contributed by atoms with Crippen molar-refractivity contribution in [1.29, 1.82) is 0 Å². The molecule has 0 aliphatic carbocycles. The van der Waals surface area contributed by atoms with E-state index in [2.05, 4.69) is 0 Å². The molecule has 0 spiro atoms. The Labute approximate surface area is 147 Å². The molecule has 1 aliphatic rings. The van der Waals surface area contributed by atoms with Crippen molar-refractivity contribution >= 4 is 17.6 Å². The first-order valence-electron chi connectivity index (χ1n) is 8.45. The second-order valence-electron chi connectivity index (χ2n) is 6.40. The van der Waals surface area contributed by atoms with E-state index in [1.165, 1.54) is 0 Å². The Morgan fingerprint density at radius 2 is 1.84 bits per heavy atom. The molecule has 3 rings (SSSR count). The van der Waals surface area contributed by atoms with Crippen LogP contribution in [-0.2, 0) is 11.3 Å². The highest BCUT2D eigenvalue weighted by Gasteiger charge is 2.32. The number of amides is 1. The normalized spacial score (nSPS) is 17.8. The fraction of sp³-hybridized carbons (Fsp3) is 0.300. The van der Waals surface area contributed by atoms with Gasteiger partial charge in [-0.25, -0.2) is 4.79 Å². The Hall–Kier alpha value is -2.66. The van der Waals surface area contributed by atoms with E-state index < -0.39 is 5.97 Å². The van der Waals surface area contributed by atoms with Gasteiger partial charge in [0.15, 0.2) is 0 Å². The van der Waals surface area contributed by atoms with Gasteiger partial charge in [0.1, 0.15) is 0 Å². The zero-order valence-corrected chi connectivity index (χ0v) is 14.3. The van der Waals surface area contributed by atoms with Gasteiger partial charge >= 0.3 is 5.97 Å². The molecule has 1 N–H and O–H groups in total. The zero-order chi connectivity index (χ0) is 17.8. The number of anilines is 1. The molecule has 0 saturated carbocycles. The lowest BCUT2D eigenvalue weighted by Crippen LogP contribution is -2.51. The van der Waals surface area contributed by atoms with E-state index >= 15 is 0 Å². The fourth-order valence-electron chi connectivity index (χ4n) is 3.28. The Bertz CT molecular complexity index is 743. The van der Waals surface area contributed by atoms with Crippen molar-refractivity contribution in [2.75, 3.05) is 18.5 Å². The third-order valence-corrected chi connectivity index (χ3v) is 4.64. The highest BCUT2D eigenvalue weighted by Crippen LogP contribution is 2.24. The molecule has 25 heavy (non-hydrogen) atoms. The zero-order valence-electron chi connectivity index (χ0n) is 14.3. The number of hydrogen-bond acceptors (Lipinski definition) is 3. The maximum absolute atomic E-state index is 12.9. The Morgan fingerprint density at radius 1 is 1.16 bits per heavy atom. The van der Waals surface area contributed by atoms with Crippen molar-refractivity contribution in [2.45, 2.75) is 25.4 Å². The molecule has 2 aromatic rings. The highest BCUT2D eigenvalue weighted by atomic mass is 16.4. The molecule has 0 radical (unpaired) electrons. The summed E-state index contributed by atoms with van der Waals surface area (Å²) in [5, 5.41) is 8.97. The lowest BCUT2D eigenvalue weighted by molar-refractivity contribution is -0.125. The number of likely N-dealkylation sites (N-methyl/N-ethyl adjacent to an activating group) is 1. The average molecular weight is 338 g/mol. The molecule has 5 heteroatoms. The van der Waals surface area contributed by atoms with Crippen molar-refractivity contribution in [1.82, 2.24) is 4.90 Å². The molecular formula is C20H22N2O3. The van der Waals surface area contributed by atoms with Crippen molar-refractivity contribution in [3.8, 4) is 0 Å². The smallest absolute Gasteiger partial charge is 0.335 e. The summed E-state index contributed by atoms with van der Waals surface area (Å²) in [6, 6.07) is 16.4. The van der Waals surface area contributed by atoms with E-state index in [1.807, 2.05) is 59.3 Å². The predicted octanol–water partition coefficient (Wildman–Crippen LogP) is 3.01. The lowest BCUT2D eigenvalue weighted by atomic mass is 10.0. The number of carbonyl (C=O) groups excluding carboxylic acids is 1. The first kappa shape index (κ1) is 17.2. The molecule has 1 unspecified atom stereocenters. The Balaban J connectivity index is 1.69. The van der Waals surface area contributed by atoms with Crippen molar-refractivity contribution in [2.24, 2.45) is 0 Å². The van der Waals surface area contributed by atoms with Gasteiger partial charge in [0.2, 0.25) is 5.91 Å². The van der Waals surface area contributed by atoms with Crippen molar-refractivity contribution in [3.05, 3.63) is 65.7 Å². The van der Waals surface area contributed by atoms with Crippen LogP contribution in [0.15, 0.2) is 54.6 Å². The number of hydrogen-bond donors (Lipinski definition) is 1.